The summed E-state index contributed by atoms with van der Waals surface area (Å²) in [7, 11) is 0. The number of benzene rings is 1. The van der Waals surface area contributed by atoms with E-state index >= 15 is 0 Å². The van der Waals surface area contributed by atoms with Crippen LogP contribution < -0.4 is 27.2 Å². The van der Waals surface area contributed by atoms with Gasteiger partial charge in [-0.25, -0.2) is 0 Å². The van der Waals surface area contributed by atoms with Crippen LogP contribution in [0.15, 0.2) is 53.5 Å². The van der Waals surface area contributed by atoms with Gasteiger partial charge in [0, 0.05) is 50.0 Å². The van der Waals surface area contributed by atoms with Crippen LogP contribution >= 0.6 is 0 Å². The van der Waals surface area contributed by atoms with E-state index in [1.54, 1.807) is 30.7 Å². The molecule has 1 aromatic carbocycles. The number of piperazine rings is 1. The molecule has 0 saturated carbocycles. The van der Waals surface area contributed by atoms with Crippen molar-refractivity contribution in [3.8, 4) is 5.69 Å². The van der Waals surface area contributed by atoms with Gasteiger partial charge in [0.05, 0.1) is 12.1 Å². The number of carbonyl (C=O) groups is 3. The van der Waals surface area contributed by atoms with E-state index < -0.39 is 36.0 Å². The van der Waals surface area contributed by atoms with Gasteiger partial charge in [0.25, 0.3) is 5.56 Å². The Kier molecular flexibility index (Phi) is 10.9. The Bertz CT molecular complexity index is 1180. The number of nitrogens with two attached hydrogens (primary N) is 1. The number of nitrogens with one attached hydrogen (secondary N) is 3. The highest BCUT2D eigenvalue weighted by molar-refractivity contribution is 5.94. The number of aliphatic hydroxyl groups is 1. The predicted octanol–water partition coefficient (Wildman–Crippen LogP) is -0.464. The highest BCUT2D eigenvalue weighted by atomic mass is 16.3. The molecule has 1 aliphatic rings. The van der Waals surface area contributed by atoms with Gasteiger partial charge in [-0.05, 0) is 37.6 Å². The number of rotatable bonds is 12. The summed E-state index contributed by atoms with van der Waals surface area (Å²) in [5.74, 6) is -1.54. The molecule has 0 spiro atoms. The molecule has 1 fully saturated rings. The first kappa shape index (κ1) is 30.2. The van der Waals surface area contributed by atoms with E-state index in [1.807, 2.05) is 35.2 Å². The minimum Gasteiger partial charge on any atom is -0.391 e. The van der Waals surface area contributed by atoms with Crippen molar-refractivity contribution in [3.05, 3.63) is 64.6 Å². The number of ketones is 1. The molecular formula is C28H40N6O5. The summed E-state index contributed by atoms with van der Waals surface area (Å²) >= 11 is 0. The van der Waals surface area contributed by atoms with E-state index in [9.17, 15) is 24.3 Å². The summed E-state index contributed by atoms with van der Waals surface area (Å²) in [4.78, 5) is 53.4. The molecule has 3 rings (SSSR count). The lowest BCUT2D eigenvalue weighted by Crippen LogP contribution is -2.62. The third-order valence-corrected chi connectivity index (χ3v) is 6.80. The molecule has 2 amide bonds. The average Bonchev–Trinajstić information content (AvgIpc) is 2.92. The molecule has 1 aliphatic heterocycles. The van der Waals surface area contributed by atoms with E-state index in [4.69, 9.17) is 5.73 Å². The molecule has 11 heteroatoms. The Morgan fingerprint density at radius 1 is 1.10 bits per heavy atom. The van der Waals surface area contributed by atoms with Gasteiger partial charge >= 0.3 is 0 Å². The maximum absolute atomic E-state index is 13.4. The molecule has 1 aromatic heterocycles. The summed E-state index contributed by atoms with van der Waals surface area (Å²) in [5, 5.41) is 18.9. The average molecular weight is 541 g/mol. The van der Waals surface area contributed by atoms with Gasteiger partial charge in [0.1, 0.15) is 12.1 Å². The number of carbonyl (C=O) groups excluding carboxylic acids is 3. The van der Waals surface area contributed by atoms with Crippen LogP contribution in [0.3, 0.4) is 0 Å². The number of aromatic nitrogens is 1. The highest BCUT2D eigenvalue weighted by Gasteiger charge is 2.35. The van der Waals surface area contributed by atoms with Crippen LogP contribution in [-0.4, -0.2) is 82.6 Å². The molecule has 0 radical (unpaired) electrons. The quantitative estimate of drug-likeness (QED) is 0.242. The zero-order chi connectivity index (χ0) is 28.5. The summed E-state index contributed by atoms with van der Waals surface area (Å²) in [5.41, 5.74) is 7.07. The zero-order valence-corrected chi connectivity index (χ0v) is 22.8. The maximum Gasteiger partial charge on any atom is 0.255 e. The number of Topliss-reactive ketones (excluding diaryl/α,β-unsaturated/α-hetero) is 1. The zero-order valence-electron chi connectivity index (χ0n) is 22.8. The Morgan fingerprint density at radius 3 is 2.46 bits per heavy atom. The van der Waals surface area contributed by atoms with Crippen molar-refractivity contribution in [2.45, 2.75) is 58.0 Å². The van der Waals surface area contributed by atoms with Crippen molar-refractivity contribution in [3.63, 3.8) is 0 Å². The number of aliphatic hydroxyl groups excluding tert-OH is 1. The van der Waals surface area contributed by atoms with Gasteiger partial charge in [0.2, 0.25) is 11.8 Å². The largest absolute Gasteiger partial charge is 0.391 e. The van der Waals surface area contributed by atoms with E-state index in [0.29, 0.717) is 26.2 Å². The number of hydrogen-bond acceptors (Lipinski definition) is 8. The van der Waals surface area contributed by atoms with Gasteiger partial charge in [0.15, 0.2) is 5.78 Å². The van der Waals surface area contributed by atoms with Crippen LogP contribution in [0, 0.1) is 5.92 Å². The van der Waals surface area contributed by atoms with Crippen LogP contribution in [0.2, 0.25) is 0 Å². The summed E-state index contributed by atoms with van der Waals surface area (Å²) < 4.78 is 1.57. The number of hydrogen-bond donors (Lipinski definition) is 5. The fraction of sp³-hybridized carbons (Fsp3) is 0.500. The van der Waals surface area contributed by atoms with Crippen LogP contribution in [-0.2, 0) is 20.9 Å². The lowest BCUT2D eigenvalue weighted by molar-refractivity contribution is -0.136. The SMILES string of the molecule is CC(C)C(=O)[C@H](CCN)NC(=O)[C@@H](NC(=O)[C@@H]1CNCCN1Cc1ccc(=O)n(-c2ccccc2)c1)[C@H](C)O. The standard InChI is InChI=1S/C28H40N6O5/c1-18(2)26(37)22(11-12-29)31-28(39)25(19(3)35)32-27(38)23-15-30-13-14-33(23)16-20-9-10-24(36)34(17-20)21-7-5-4-6-8-21/h4-10,17-19,22-23,25,30,35H,11-16,29H2,1-3H3,(H,31,39)(H,32,38)/t19-,22-,23-,25-/m0/s1. The topological polar surface area (TPSA) is 159 Å². The first-order valence-corrected chi connectivity index (χ1v) is 13.4. The van der Waals surface area contributed by atoms with E-state index in [-0.39, 0.29) is 30.2 Å². The van der Waals surface area contributed by atoms with Gasteiger partial charge in [-0.1, -0.05) is 38.1 Å². The van der Waals surface area contributed by atoms with Crippen molar-refractivity contribution in [2.24, 2.45) is 11.7 Å². The molecular weight excluding hydrogens is 500 g/mol. The predicted molar refractivity (Wildman–Crippen MR) is 148 cm³/mol. The second-order valence-electron chi connectivity index (χ2n) is 10.2. The molecule has 4 atom stereocenters. The summed E-state index contributed by atoms with van der Waals surface area (Å²) in [6.07, 6.45) is 0.833. The van der Waals surface area contributed by atoms with Crippen molar-refractivity contribution in [1.82, 2.24) is 25.4 Å². The smallest absolute Gasteiger partial charge is 0.255 e. The molecule has 2 aromatic rings. The Morgan fingerprint density at radius 2 is 1.82 bits per heavy atom. The van der Waals surface area contributed by atoms with Gasteiger partial charge in [-0.3, -0.25) is 28.6 Å². The second kappa shape index (κ2) is 14.1. The molecule has 0 unspecified atom stereocenters. The molecule has 11 nitrogen and oxygen atoms in total. The molecule has 0 aliphatic carbocycles. The van der Waals surface area contributed by atoms with Crippen LogP contribution in [0.4, 0.5) is 0 Å². The van der Waals surface area contributed by atoms with Gasteiger partial charge < -0.3 is 26.8 Å². The van der Waals surface area contributed by atoms with Crippen molar-refractivity contribution in [2.75, 3.05) is 26.2 Å². The van der Waals surface area contributed by atoms with Gasteiger partial charge in [-0.15, -0.1) is 0 Å². The Labute approximate surface area is 228 Å². The Balaban J connectivity index is 1.74. The molecule has 212 valence electrons. The normalized spacial score (nSPS) is 18.3. The summed E-state index contributed by atoms with van der Waals surface area (Å²) in [6.45, 7) is 7.08. The lowest BCUT2D eigenvalue weighted by atomic mass is 9.98. The fourth-order valence-corrected chi connectivity index (χ4v) is 4.61. The third-order valence-electron chi connectivity index (χ3n) is 6.80. The number of nitrogens with zero attached hydrogens (tertiary/aromatic N) is 2. The summed E-state index contributed by atoms with van der Waals surface area (Å²) in [6, 6.07) is 9.87. The molecule has 2 heterocycles. The van der Waals surface area contributed by atoms with Gasteiger partial charge in [-0.2, -0.15) is 0 Å². The number of amides is 2. The Hall–Kier alpha value is -3.38. The van der Waals surface area contributed by atoms with Crippen molar-refractivity contribution >= 4 is 17.6 Å². The fourth-order valence-electron chi connectivity index (χ4n) is 4.61. The molecule has 6 N–H and O–H groups in total. The lowest BCUT2D eigenvalue weighted by Gasteiger charge is -2.36. The van der Waals surface area contributed by atoms with E-state index in [0.717, 1.165) is 11.3 Å². The first-order chi connectivity index (χ1) is 18.6. The van der Waals surface area contributed by atoms with Crippen LogP contribution in [0.1, 0.15) is 32.8 Å². The van der Waals surface area contributed by atoms with Crippen molar-refractivity contribution in [1.29, 1.82) is 0 Å². The highest BCUT2D eigenvalue weighted by Crippen LogP contribution is 2.13. The second-order valence-corrected chi connectivity index (χ2v) is 10.2. The molecule has 1 saturated heterocycles. The number of pyridine rings is 1. The van der Waals surface area contributed by atoms with Crippen molar-refractivity contribution < 1.29 is 19.5 Å². The first-order valence-electron chi connectivity index (χ1n) is 13.4. The maximum atomic E-state index is 13.4. The third kappa shape index (κ3) is 8.06. The van der Waals surface area contributed by atoms with Crippen LogP contribution in [0.5, 0.6) is 0 Å². The van der Waals surface area contributed by atoms with E-state index in [1.165, 1.54) is 13.0 Å². The minimum atomic E-state index is -1.25. The molecule has 39 heavy (non-hydrogen) atoms. The minimum absolute atomic E-state index is 0.158. The van der Waals surface area contributed by atoms with E-state index in [2.05, 4.69) is 16.0 Å². The molecule has 0 bridgehead atoms. The number of para-hydroxylation sites is 1. The monoisotopic (exact) mass is 540 g/mol. The van der Waals surface area contributed by atoms with Crippen LogP contribution in [0.25, 0.3) is 5.69 Å².